The van der Waals surface area contributed by atoms with Gasteiger partial charge in [-0.05, 0) is 38.4 Å². The average molecular weight is 220 g/mol. The second-order valence-corrected chi connectivity index (χ2v) is 4.34. The molecule has 1 saturated heterocycles. The van der Waals surface area contributed by atoms with Crippen molar-refractivity contribution in [3.05, 3.63) is 29.8 Å². The van der Waals surface area contributed by atoms with E-state index in [1.54, 1.807) is 0 Å². The Morgan fingerprint density at radius 2 is 2.12 bits per heavy atom. The zero-order valence-corrected chi connectivity index (χ0v) is 9.58. The molecule has 1 aromatic carbocycles. The zero-order chi connectivity index (χ0) is 11.2. The van der Waals surface area contributed by atoms with Gasteiger partial charge in [0.2, 0.25) is 0 Å². The fourth-order valence-corrected chi connectivity index (χ4v) is 2.18. The number of aliphatic hydroxyl groups excluding tert-OH is 1. The summed E-state index contributed by atoms with van der Waals surface area (Å²) in [5.74, 6) is 0. The van der Waals surface area contributed by atoms with Crippen LogP contribution in [0, 0.1) is 0 Å². The highest BCUT2D eigenvalue weighted by Crippen LogP contribution is 2.18. The first-order chi connectivity index (χ1) is 7.90. The number of hydrogen-bond donors (Lipinski definition) is 3. The average Bonchev–Trinajstić information content (AvgIpc) is 2.58. The highest BCUT2D eigenvalue weighted by atomic mass is 16.3. The van der Waals surface area contributed by atoms with Crippen molar-refractivity contribution in [2.45, 2.75) is 31.9 Å². The van der Waals surface area contributed by atoms with Crippen LogP contribution in [-0.4, -0.2) is 24.2 Å². The van der Waals surface area contributed by atoms with Gasteiger partial charge in [0.15, 0.2) is 0 Å². The van der Waals surface area contributed by atoms with E-state index < -0.39 is 0 Å². The molecule has 1 aliphatic rings. The predicted molar refractivity (Wildman–Crippen MR) is 66.5 cm³/mol. The summed E-state index contributed by atoms with van der Waals surface area (Å²) in [7, 11) is 0. The Morgan fingerprint density at radius 1 is 1.25 bits per heavy atom. The molecule has 16 heavy (non-hydrogen) atoms. The number of hydrogen-bond acceptors (Lipinski definition) is 3. The quantitative estimate of drug-likeness (QED) is 0.727. The third-order valence-corrected chi connectivity index (χ3v) is 3.12. The Balaban J connectivity index is 2.01. The maximum atomic E-state index is 9.25. The standard InChI is InChI=1S/C13H20N2O/c16-10-11-4-1-2-6-13(11)15-12-5-3-8-14-9-7-12/h1-2,4,6,12,14-16H,3,5,7-10H2. The van der Waals surface area contributed by atoms with E-state index in [0.29, 0.717) is 6.04 Å². The van der Waals surface area contributed by atoms with Crippen LogP contribution in [0.25, 0.3) is 0 Å². The van der Waals surface area contributed by atoms with Crippen LogP contribution in [0.5, 0.6) is 0 Å². The first-order valence-corrected chi connectivity index (χ1v) is 6.06. The molecule has 88 valence electrons. The van der Waals surface area contributed by atoms with Gasteiger partial charge in [0.1, 0.15) is 0 Å². The van der Waals surface area contributed by atoms with E-state index in [1.807, 2.05) is 24.3 Å². The fraction of sp³-hybridized carbons (Fsp3) is 0.538. The van der Waals surface area contributed by atoms with Crippen molar-refractivity contribution in [2.24, 2.45) is 0 Å². The first-order valence-electron chi connectivity index (χ1n) is 6.06. The molecule has 3 nitrogen and oxygen atoms in total. The van der Waals surface area contributed by atoms with Crippen molar-refractivity contribution in [2.75, 3.05) is 18.4 Å². The minimum absolute atomic E-state index is 0.105. The maximum absolute atomic E-state index is 9.25. The number of rotatable bonds is 3. The second-order valence-electron chi connectivity index (χ2n) is 4.34. The Kier molecular flexibility index (Phi) is 4.19. The molecule has 1 aliphatic heterocycles. The van der Waals surface area contributed by atoms with Crippen LogP contribution >= 0.6 is 0 Å². The second kappa shape index (κ2) is 5.87. The lowest BCUT2D eigenvalue weighted by Crippen LogP contribution is -2.22. The van der Waals surface area contributed by atoms with Crippen LogP contribution in [0.3, 0.4) is 0 Å². The summed E-state index contributed by atoms with van der Waals surface area (Å²) < 4.78 is 0. The van der Waals surface area contributed by atoms with Gasteiger partial charge in [-0.1, -0.05) is 18.2 Å². The lowest BCUT2D eigenvalue weighted by molar-refractivity contribution is 0.282. The van der Waals surface area contributed by atoms with Crippen molar-refractivity contribution in [3.8, 4) is 0 Å². The van der Waals surface area contributed by atoms with E-state index in [2.05, 4.69) is 10.6 Å². The summed E-state index contributed by atoms with van der Waals surface area (Å²) in [6.07, 6.45) is 3.57. The number of anilines is 1. The van der Waals surface area contributed by atoms with E-state index in [0.717, 1.165) is 30.8 Å². The van der Waals surface area contributed by atoms with Gasteiger partial charge in [-0.15, -0.1) is 0 Å². The predicted octanol–water partition coefficient (Wildman–Crippen LogP) is 1.73. The minimum atomic E-state index is 0.105. The third-order valence-electron chi connectivity index (χ3n) is 3.12. The molecule has 1 heterocycles. The zero-order valence-electron chi connectivity index (χ0n) is 9.58. The van der Waals surface area contributed by atoms with Crippen molar-refractivity contribution in [3.63, 3.8) is 0 Å². The number of nitrogens with one attached hydrogen (secondary N) is 2. The van der Waals surface area contributed by atoms with E-state index in [-0.39, 0.29) is 6.61 Å². The summed E-state index contributed by atoms with van der Waals surface area (Å²) >= 11 is 0. The van der Waals surface area contributed by atoms with Gasteiger partial charge in [0, 0.05) is 17.3 Å². The van der Waals surface area contributed by atoms with Crippen LogP contribution in [0.2, 0.25) is 0 Å². The highest BCUT2D eigenvalue weighted by Gasteiger charge is 2.12. The molecule has 3 N–H and O–H groups in total. The molecule has 1 aromatic rings. The minimum Gasteiger partial charge on any atom is -0.392 e. The molecule has 2 rings (SSSR count). The van der Waals surface area contributed by atoms with Gasteiger partial charge in [-0.2, -0.15) is 0 Å². The molecule has 0 amide bonds. The van der Waals surface area contributed by atoms with Gasteiger partial charge in [-0.3, -0.25) is 0 Å². The monoisotopic (exact) mass is 220 g/mol. The van der Waals surface area contributed by atoms with E-state index in [1.165, 1.54) is 12.8 Å². The van der Waals surface area contributed by atoms with E-state index in [9.17, 15) is 5.11 Å². The maximum Gasteiger partial charge on any atom is 0.0701 e. The normalized spacial score (nSPS) is 21.4. The molecule has 0 spiro atoms. The number of aliphatic hydroxyl groups is 1. The Labute approximate surface area is 96.9 Å². The molecule has 3 heteroatoms. The van der Waals surface area contributed by atoms with Crippen LogP contribution in [-0.2, 0) is 6.61 Å². The number of benzene rings is 1. The molecular weight excluding hydrogens is 200 g/mol. The summed E-state index contributed by atoms with van der Waals surface area (Å²) in [5.41, 5.74) is 2.07. The first kappa shape index (κ1) is 11.4. The molecular formula is C13H20N2O. The SMILES string of the molecule is OCc1ccccc1NC1CCCNCC1. The Hall–Kier alpha value is -1.06. The van der Waals surface area contributed by atoms with Crippen LogP contribution in [0.15, 0.2) is 24.3 Å². The molecule has 1 atom stereocenters. The Morgan fingerprint density at radius 3 is 3.00 bits per heavy atom. The van der Waals surface area contributed by atoms with Crippen molar-refractivity contribution in [1.29, 1.82) is 0 Å². The summed E-state index contributed by atoms with van der Waals surface area (Å²) in [6.45, 7) is 2.31. The van der Waals surface area contributed by atoms with Crippen LogP contribution < -0.4 is 10.6 Å². The topological polar surface area (TPSA) is 44.3 Å². The van der Waals surface area contributed by atoms with Gasteiger partial charge < -0.3 is 15.7 Å². The molecule has 0 aliphatic carbocycles. The summed E-state index contributed by atoms with van der Waals surface area (Å²) in [6, 6.07) is 8.52. The lowest BCUT2D eigenvalue weighted by Gasteiger charge is -2.19. The van der Waals surface area contributed by atoms with Crippen LogP contribution in [0.1, 0.15) is 24.8 Å². The Bertz CT molecular complexity index is 319. The molecule has 0 saturated carbocycles. The molecule has 1 fully saturated rings. The van der Waals surface area contributed by atoms with Gasteiger partial charge in [0.25, 0.3) is 0 Å². The van der Waals surface area contributed by atoms with Crippen molar-refractivity contribution in [1.82, 2.24) is 5.32 Å². The summed E-state index contributed by atoms with van der Waals surface area (Å²) in [4.78, 5) is 0. The van der Waals surface area contributed by atoms with Crippen molar-refractivity contribution < 1.29 is 5.11 Å². The van der Waals surface area contributed by atoms with Gasteiger partial charge in [0.05, 0.1) is 6.61 Å². The largest absolute Gasteiger partial charge is 0.392 e. The molecule has 0 bridgehead atoms. The van der Waals surface area contributed by atoms with Crippen molar-refractivity contribution >= 4 is 5.69 Å². The van der Waals surface area contributed by atoms with E-state index in [4.69, 9.17) is 0 Å². The third kappa shape index (κ3) is 2.97. The molecule has 1 unspecified atom stereocenters. The highest BCUT2D eigenvalue weighted by molar-refractivity contribution is 5.51. The molecule has 0 aromatic heterocycles. The fourth-order valence-electron chi connectivity index (χ4n) is 2.18. The van der Waals surface area contributed by atoms with Crippen LogP contribution in [0.4, 0.5) is 5.69 Å². The lowest BCUT2D eigenvalue weighted by atomic mass is 10.1. The molecule has 0 radical (unpaired) electrons. The summed E-state index contributed by atoms with van der Waals surface area (Å²) in [5, 5.41) is 16.2. The van der Waals surface area contributed by atoms with Gasteiger partial charge in [-0.25, -0.2) is 0 Å². The smallest absolute Gasteiger partial charge is 0.0701 e. The van der Waals surface area contributed by atoms with Gasteiger partial charge >= 0.3 is 0 Å². The van der Waals surface area contributed by atoms with E-state index >= 15 is 0 Å². The number of para-hydroxylation sites is 1.